The zero-order valence-corrected chi connectivity index (χ0v) is 11.4. The van der Waals surface area contributed by atoms with E-state index in [9.17, 15) is 18.0 Å². The molecule has 0 radical (unpaired) electrons. The highest BCUT2D eigenvalue weighted by molar-refractivity contribution is 5.68. The molecule has 0 bridgehead atoms. The second-order valence-electron chi connectivity index (χ2n) is 4.81. The molecule has 1 rings (SSSR count). The van der Waals surface area contributed by atoms with Crippen LogP contribution in [0.2, 0.25) is 0 Å². The summed E-state index contributed by atoms with van der Waals surface area (Å²) in [5, 5.41) is 8.97. The zero-order chi connectivity index (χ0) is 15.6. The molecule has 0 aromatic heterocycles. The van der Waals surface area contributed by atoms with E-state index in [-0.39, 0.29) is 12.2 Å². The molecule has 0 aliphatic carbocycles. The number of hydrogen-bond donors (Lipinski definition) is 1. The number of halogens is 3. The molecule has 1 aromatic rings. The molecule has 0 aliphatic rings. The summed E-state index contributed by atoms with van der Waals surface area (Å²) < 4.78 is 40.0. The molecule has 1 atom stereocenters. The largest absolute Gasteiger partial charge is 0.573 e. The molecule has 1 N–H and O–H groups in total. The monoisotopic (exact) mass is 291 g/mol. The lowest BCUT2D eigenvalue weighted by Crippen LogP contribution is -2.40. The van der Waals surface area contributed by atoms with Crippen LogP contribution in [0.5, 0.6) is 5.75 Å². The van der Waals surface area contributed by atoms with Crippen molar-refractivity contribution >= 4 is 5.97 Å². The van der Waals surface area contributed by atoms with E-state index in [2.05, 4.69) is 4.74 Å². The van der Waals surface area contributed by atoms with Gasteiger partial charge >= 0.3 is 12.3 Å². The van der Waals surface area contributed by atoms with E-state index >= 15 is 0 Å². The highest BCUT2D eigenvalue weighted by Gasteiger charge is 2.33. The van der Waals surface area contributed by atoms with E-state index in [0.717, 1.165) is 0 Å². The zero-order valence-electron chi connectivity index (χ0n) is 11.4. The molecule has 112 valence electrons. The molecule has 20 heavy (non-hydrogen) atoms. The molecule has 0 spiro atoms. The van der Waals surface area contributed by atoms with Crippen molar-refractivity contribution in [3.8, 4) is 5.75 Å². The van der Waals surface area contributed by atoms with Crippen molar-refractivity contribution in [1.29, 1.82) is 0 Å². The van der Waals surface area contributed by atoms with Crippen molar-refractivity contribution in [2.24, 2.45) is 0 Å². The second kappa shape index (κ2) is 5.70. The molecular formula is C13H16F3NO3. The number of ether oxygens (including phenoxy) is 1. The van der Waals surface area contributed by atoms with Gasteiger partial charge in [-0.1, -0.05) is 12.1 Å². The highest BCUT2D eigenvalue weighted by atomic mass is 19.4. The van der Waals surface area contributed by atoms with Crippen molar-refractivity contribution in [3.05, 3.63) is 29.8 Å². The summed E-state index contributed by atoms with van der Waals surface area (Å²) in [6.45, 7) is 1.71. The minimum atomic E-state index is -4.74. The number of carbonyl (C=O) groups is 1. The van der Waals surface area contributed by atoms with Gasteiger partial charge in [-0.15, -0.1) is 13.2 Å². The van der Waals surface area contributed by atoms with Gasteiger partial charge in [0.2, 0.25) is 0 Å². The van der Waals surface area contributed by atoms with E-state index in [1.165, 1.54) is 24.3 Å². The summed E-state index contributed by atoms with van der Waals surface area (Å²) in [6, 6.07) is 5.22. The van der Waals surface area contributed by atoms with Crippen LogP contribution < -0.4 is 4.74 Å². The Kier molecular flexibility index (Phi) is 4.65. The Morgan fingerprint density at radius 1 is 1.25 bits per heavy atom. The van der Waals surface area contributed by atoms with E-state index in [4.69, 9.17) is 5.11 Å². The van der Waals surface area contributed by atoms with Crippen molar-refractivity contribution in [3.63, 3.8) is 0 Å². The van der Waals surface area contributed by atoms with Crippen LogP contribution in [0.3, 0.4) is 0 Å². The molecule has 4 nitrogen and oxygen atoms in total. The molecule has 7 heteroatoms. The third-order valence-electron chi connectivity index (χ3n) is 3.19. The first-order valence-corrected chi connectivity index (χ1v) is 5.80. The summed E-state index contributed by atoms with van der Waals surface area (Å²) in [4.78, 5) is 12.7. The van der Waals surface area contributed by atoms with E-state index in [1.807, 2.05) is 0 Å². The molecule has 0 aliphatic heterocycles. The number of aliphatic carboxylic acids is 1. The molecule has 0 heterocycles. The van der Waals surface area contributed by atoms with Gasteiger partial charge in [-0.2, -0.15) is 0 Å². The minimum Gasteiger partial charge on any atom is -0.481 e. The first-order chi connectivity index (χ1) is 9.04. The predicted octanol–water partition coefficient (Wildman–Crippen LogP) is 2.84. The molecule has 0 saturated heterocycles. The predicted molar refractivity (Wildman–Crippen MR) is 66.4 cm³/mol. The number of rotatable bonds is 5. The highest BCUT2D eigenvalue weighted by Crippen LogP contribution is 2.32. The molecule has 1 aromatic carbocycles. The molecular weight excluding hydrogens is 275 g/mol. The van der Waals surface area contributed by atoms with Gasteiger partial charge < -0.3 is 9.84 Å². The number of nitrogens with zero attached hydrogens (tertiary/aromatic N) is 1. The van der Waals surface area contributed by atoms with Crippen LogP contribution >= 0.6 is 0 Å². The van der Waals surface area contributed by atoms with Crippen LogP contribution in [0.15, 0.2) is 24.3 Å². The van der Waals surface area contributed by atoms with Crippen molar-refractivity contribution in [2.45, 2.75) is 25.2 Å². The van der Waals surface area contributed by atoms with Gasteiger partial charge in [0.25, 0.3) is 0 Å². The summed E-state index contributed by atoms with van der Waals surface area (Å²) >= 11 is 0. The van der Waals surface area contributed by atoms with E-state index < -0.39 is 17.9 Å². The van der Waals surface area contributed by atoms with Crippen LogP contribution in [-0.4, -0.2) is 36.4 Å². The average Bonchev–Trinajstić information content (AvgIpc) is 2.26. The summed E-state index contributed by atoms with van der Waals surface area (Å²) in [5.41, 5.74) is -0.220. The number of carboxylic acid groups (broad SMARTS) is 1. The maximum absolute atomic E-state index is 12.1. The van der Waals surface area contributed by atoms with Gasteiger partial charge in [0.15, 0.2) is 0 Å². The van der Waals surface area contributed by atoms with Gasteiger partial charge in [-0.05, 0) is 38.7 Å². The number of hydrogen-bond acceptors (Lipinski definition) is 3. The summed E-state index contributed by atoms with van der Waals surface area (Å²) in [5.74, 6) is -1.32. The van der Waals surface area contributed by atoms with Gasteiger partial charge in [0.1, 0.15) is 5.75 Å². The maximum atomic E-state index is 12.1. The lowest BCUT2D eigenvalue weighted by molar-refractivity contribution is -0.274. The van der Waals surface area contributed by atoms with Crippen molar-refractivity contribution < 1.29 is 27.8 Å². The second-order valence-corrected chi connectivity index (χ2v) is 4.81. The van der Waals surface area contributed by atoms with Crippen molar-refractivity contribution in [2.75, 3.05) is 14.1 Å². The fourth-order valence-corrected chi connectivity index (χ4v) is 1.83. The summed E-state index contributed by atoms with van der Waals surface area (Å²) in [6.07, 6.45) is -4.91. The molecule has 0 fully saturated rings. The van der Waals surface area contributed by atoms with Gasteiger partial charge in [-0.25, -0.2) is 0 Å². The van der Waals surface area contributed by atoms with Crippen LogP contribution in [0.1, 0.15) is 18.9 Å². The third kappa shape index (κ3) is 4.12. The number of carboxylic acids is 1. The van der Waals surface area contributed by atoms with E-state index in [0.29, 0.717) is 5.56 Å². The lowest BCUT2D eigenvalue weighted by atomic mass is 9.87. The normalized spacial score (nSPS) is 14.9. The van der Waals surface area contributed by atoms with Crippen molar-refractivity contribution in [1.82, 2.24) is 4.90 Å². The molecule has 1 unspecified atom stereocenters. The smallest absolute Gasteiger partial charge is 0.481 e. The van der Waals surface area contributed by atoms with E-state index in [1.54, 1.807) is 25.9 Å². The Morgan fingerprint density at radius 3 is 2.10 bits per heavy atom. The Hall–Kier alpha value is -1.76. The fraction of sp³-hybridized carbons (Fsp3) is 0.462. The maximum Gasteiger partial charge on any atom is 0.573 e. The van der Waals surface area contributed by atoms with Crippen LogP contribution in [0, 0.1) is 0 Å². The Morgan fingerprint density at radius 2 is 1.75 bits per heavy atom. The third-order valence-corrected chi connectivity index (χ3v) is 3.19. The first kappa shape index (κ1) is 16.3. The van der Waals surface area contributed by atoms with Gasteiger partial charge in [0.05, 0.1) is 12.0 Å². The number of alkyl halides is 3. The van der Waals surface area contributed by atoms with Crippen LogP contribution in [-0.2, 0) is 10.3 Å². The minimum absolute atomic E-state index is 0.167. The topological polar surface area (TPSA) is 49.8 Å². The first-order valence-electron chi connectivity index (χ1n) is 5.80. The molecule has 0 amide bonds. The standard InChI is InChI=1S/C13H16F3NO3/c1-12(17(2)3,8-11(18)19)9-4-6-10(7-5-9)20-13(14,15)16/h4-7H,8H2,1-3H3,(H,18,19). The number of benzene rings is 1. The SMILES string of the molecule is CN(C)C(C)(CC(=O)O)c1ccc(OC(F)(F)F)cc1. The quantitative estimate of drug-likeness (QED) is 0.906. The summed E-state index contributed by atoms with van der Waals surface area (Å²) in [7, 11) is 3.42. The van der Waals surface area contributed by atoms with Gasteiger partial charge in [-0.3, -0.25) is 9.69 Å². The Balaban J connectivity index is 3.03. The molecule has 0 saturated carbocycles. The average molecular weight is 291 g/mol. The van der Waals surface area contributed by atoms with Crippen LogP contribution in [0.4, 0.5) is 13.2 Å². The fourth-order valence-electron chi connectivity index (χ4n) is 1.83. The van der Waals surface area contributed by atoms with Gasteiger partial charge in [0, 0.05) is 0 Å². The Labute approximate surface area is 114 Å². The van der Waals surface area contributed by atoms with Crippen LogP contribution in [0.25, 0.3) is 0 Å². The lowest BCUT2D eigenvalue weighted by Gasteiger charge is -2.35. The Bertz CT molecular complexity index is 471.